The van der Waals surface area contributed by atoms with E-state index in [1.807, 2.05) is 0 Å². The monoisotopic (exact) mass is 198 g/mol. The van der Waals surface area contributed by atoms with E-state index < -0.39 is 0 Å². The normalized spacial score (nSPS) is 12.4. The molecule has 0 radical (unpaired) electrons. The number of phenols is 1. The molecule has 0 amide bonds. The van der Waals surface area contributed by atoms with E-state index in [0.717, 1.165) is 0 Å². The molecular formula is C10H14O4. The van der Waals surface area contributed by atoms with Crippen molar-refractivity contribution in [2.24, 2.45) is 0 Å². The summed E-state index contributed by atoms with van der Waals surface area (Å²) in [4.78, 5) is 0. The molecule has 1 atom stereocenters. The Balaban J connectivity index is 2.28. The van der Waals surface area contributed by atoms with Gasteiger partial charge >= 0.3 is 0 Å². The van der Waals surface area contributed by atoms with Crippen LogP contribution < -0.4 is 4.74 Å². The highest BCUT2D eigenvalue weighted by Gasteiger charge is 1.98. The molecule has 1 rings (SSSR count). The lowest BCUT2D eigenvalue weighted by molar-refractivity contribution is -0.149. The van der Waals surface area contributed by atoms with Gasteiger partial charge in [-0.25, -0.2) is 0 Å². The second-order valence-electron chi connectivity index (χ2n) is 2.73. The third-order valence-electron chi connectivity index (χ3n) is 1.70. The van der Waals surface area contributed by atoms with Crippen LogP contribution in [0.2, 0.25) is 0 Å². The number of benzene rings is 1. The minimum Gasteiger partial charge on any atom is -0.508 e. The predicted molar refractivity (Wildman–Crippen MR) is 51.2 cm³/mol. The van der Waals surface area contributed by atoms with Gasteiger partial charge in [0.25, 0.3) is 0 Å². The van der Waals surface area contributed by atoms with Gasteiger partial charge in [-0.1, -0.05) is 0 Å². The third kappa shape index (κ3) is 3.64. The topological polar surface area (TPSA) is 47.9 Å². The van der Waals surface area contributed by atoms with Crippen LogP contribution in [0.15, 0.2) is 24.3 Å². The highest BCUT2D eigenvalue weighted by molar-refractivity contribution is 5.29. The van der Waals surface area contributed by atoms with Crippen LogP contribution in [0, 0.1) is 0 Å². The van der Waals surface area contributed by atoms with E-state index in [-0.39, 0.29) is 18.8 Å². The summed E-state index contributed by atoms with van der Waals surface area (Å²) in [5, 5.41) is 9.00. The van der Waals surface area contributed by atoms with Crippen molar-refractivity contribution in [3.8, 4) is 11.5 Å². The largest absolute Gasteiger partial charge is 0.508 e. The summed E-state index contributed by atoms with van der Waals surface area (Å²) < 4.78 is 15.2. The van der Waals surface area contributed by atoms with Gasteiger partial charge in [-0.2, -0.15) is 0 Å². The summed E-state index contributed by atoms with van der Waals surface area (Å²) >= 11 is 0. The molecule has 0 bridgehead atoms. The van der Waals surface area contributed by atoms with E-state index in [4.69, 9.17) is 19.3 Å². The Labute approximate surface area is 83.0 Å². The Morgan fingerprint density at radius 1 is 1.29 bits per heavy atom. The first-order valence-corrected chi connectivity index (χ1v) is 4.28. The maximum absolute atomic E-state index is 9.00. The van der Waals surface area contributed by atoms with E-state index in [1.165, 1.54) is 0 Å². The van der Waals surface area contributed by atoms with E-state index in [2.05, 4.69) is 0 Å². The molecule has 0 saturated carbocycles. The Bertz CT molecular complexity index is 257. The van der Waals surface area contributed by atoms with Crippen molar-refractivity contribution in [1.82, 2.24) is 0 Å². The minimum absolute atomic E-state index is 0.125. The van der Waals surface area contributed by atoms with Gasteiger partial charge in [0.2, 0.25) is 0 Å². The zero-order valence-electron chi connectivity index (χ0n) is 8.27. The van der Waals surface area contributed by atoms with Gasteiger partial charge in [0, 0.05) is 7.11 Å². The molecule has 1 aromatic carbocycles. The van der Waals surface area contributed by atoms with Crippen molar-refractivity contribution in [3.63, 3.8) is 0 Å². The summed E-state index contributed by atoms with van der Waals surface area (Å²) in [5.74, 6) is 0.856. The lowest BCUT2D eigenvalue weighted by Gasteiger charge is -2.11. The fraction of sp³-hybridized carbons (Fsp3) is 0.400. The molecule has 0 aliphatic rings. The minimum atomic E-state index is -0.285. The molecule has 0 fully saturated rings. The summed E-state index contributed by atoms with van der Waals surface area (Å²) in [7, 11) is 1.56. The molecule has 14 heavy (non-hydrogen) atoms. The van der Waals surface area contributed by atoms with Gasteiger partial charge in [-0.3, -0.25) is 0 Å². The Morgan fingerprint density at radius 2 is 1.93 bits per heavy atom. The second kappa shape index (κ2) is 5.47. The van der Waals surface area contributed by atoms with Crippen LogP contribution in [0.4, 0.5) is 0 Å². The Hall–Kier alpha value is -1.26. The van der Waals surface area contributed by atoms with Crippen molar-refractivity contribution < 1.29 is 19.3 Å². The van der Waals surface area contributed by atoms with Crippen LogP contribution in [-0.4, -0.2) is 25.3 Å². The third-order valence-corrected chi connectivity index (χ3v) is 1.70. The molecule has 0 saturated heterocycles. The summed E-state index contributed by atoms with van der Waals surface area (Å²) in [6.45, 7) is 1.90. The number of rotatable bonds is 5. The SMILES string of the molecule is COC(C)OCOc1ccc(O)cc1. The Morgan fingerprint density at radius 3 is 2.50 bits per heavy atom. The molecule has 4 nitrogen and oxygen atoms in total. The number of aromatic hydroxyl groups is 1. The molecule has 0 spiro atoms. The maximum Gasteiger partial charge on any atom is 0.191 e. The van der Waals surface area contributed by atoms with Gasteiger partial charge in [0.05, 0.1) is 0 Å². The van der Waals surface area contributed by atoms with E-state index >= 15 is 0 Å². The molecular weight excluding hydrogens is 184 g/mol. The first kappa shape index (κ1) is 10.8. The summed E-state index contributed by atoms with van der Waals surface area (Å²) in [6, 6.07) is 6.43. The fourth-order valence-electron chi connectivity index (χ4n) is 0.808. The quantitative estimate of drug-likeness (QED) is 0.732. The van der Waals surface area contributed by atoms with Crippen LogP contribution in [0.1, 0.15) is 6.92 Å². The Kier molecular flexibility index (Phi) is 4.22. The maximum atomic E-state index is 9.00. The highest BCUT2D eigenvalue weighted by Crippen LogP contribution is 2.15. The van der Waals surface area contributed by atoms with Crippen molar-refractivity contribution >= 4 is 0 Å². The number of hydrogen-bond acceptors (Lipinski definition) is 4. The standard InChI is InChI=1S/C10H14O4/c1-8(12-2)13-7-14-10-5-3-9(11)4-6-10/h3-6,8,11H,7H2,1-2H3. The van der Waals surface area contributed by atoms with Gasteiger partial charge in [0.1, 0.15) is 11.5 Å². The van der Waals surface area contributed by atoms with Crippen LogP contribution in [0.3, 0.4) is 0 Å². The first-order chi connectivity index (χ1) is 6.72. The molecule has 0 aliphatic carbocycles. The van der Waals surface area contributed by atoms with E-state index in [0.29, 0.717) is 5.75 Å². The zero-order valence-corrected chi connectivity index (χ0v) is 8.27. The number of methoxy groups -OCH3 is 1. The first-order valence-electron chi connectivity index (χ1n) is 4.28. The van der Waals surface area contributed by atoms with Crippen LogP contribution in [0.25, 0.3) is 0 Å². The van der Waals surface area contributed by atoms with Crippen molar-refractivity contribution in [3.05, 3.63) is 24.3 Å². The second-order valence-corrected chi connectivity index (χ2v) is 2.73. The number of ether oxygens (including phenoxy) is 3. The average molecular weight is 198 g/mol. The summed E-state index contributed by atoms with van der Waals surface area (Å²) in [5.41, 5.74) is 0. The van der Waals surface area contributed by atoms with Crippen molar-refractivity contribution in [2.45, 2.75) is 13.2 Å². The van der Waals surface area contributed by atoms with Gasteiger partial charge in [-0.05, 0) is 31.2 Å². The molecule has 0 heterocycles. The van der Waals surface area contributed by atoms with Crippen molar-refractivity contribution in [1.29, 1.82) is 0 Å². The smallest absolute Gasteiger partial charge is 0.191 e. The number of hydrogen-bond donors (Lipinski definition) is 1. The van der Waals surface area contributed by atoms with Crippen LogP contribution >= 0.6 is 0 Å². The fourth-order valence-corrected chi connectivity index (χ4v) is 0.808. The molecule has 1 unspecified atom stereocenters. The van der Waals surface area contributed by atoms with Gasteiger partial charge in [-0.15, -0.1) is 0 Å². The van der Waals surface area contributed by atoms with Crippen LogP contribution in [0.5, 0.6) is 11.5 Å². The lowest BCUT2D eigenvalue weighted by Crippen LogP contribution is -2.14. The predicted octanol–water partition coefficient (Wildman–Crippen LogP) is 1.74. The molecule has 1 aromatic rings. The highest BCUT2D eigenvalue weighted by atomic mass is 16.7. The average Bonchev–Trinajstić information content (AvgIpc) is 2.21. The van der Waals surface area contributed by atoms with E-state index in [1.54, 1.807) is 38.3 Å². The summed E-state index contributed by atoms with van der Waals surface area (Å²) in [6.07, 6.45) is -0.285. The van der Waals surface area contributed by atoms with Gasteiger partial charge < -0.3 is 19.3 Å². The zero-order chi connectivity index (χ0) is 10.4. The van der Waals surface area contributed by atoms with E-state index in [9.17, 15) is 0 Å². The van der Waals surface area contributed by atoms with Crippen LogP contribution in [-0.2, 0) is 9.47 Å². The molecule has 0 aromatic heterocycles. The molecule has 78 valence electrons. The molecule has 4 heteroatoms. The molecule has 1 N–H and O–H groups in total. The van der Waals surface area contributed by atoms with Gasteiger partial charge in [0.15, 0.2) is 13.1 Å². The molecule has 0 aliphatic heterocycles. The number of phenolic OH excluding ortho intramolecular Hbond substituents is 1. The lowest BCUT2D eigenvalue weighted by atomic mass is 10.3. The van der Waals surface area contributed by atoms with Crippen molar-refractivity contribution in [2.75, 3.05) is 13.9 Å².